The summed E-state index contributed by atoms with van der Waals surface area (Å²) >= 11 is 12.2. The summed E-state index contributed by atoms with van der Waals surface area (Å²) in [7, 11) is -3.84. The fourth-order valence-electron chi connectivity index (χ4n) is 4.92. The van der Waals surface area contributed by atoms with Crippen LogP contribution in [0.4, 0.5) is 11.4 Å². The van der Waals surface area contributed by atoms with Crippen molar-refractivity contribution in [1.29, 1.82) is 0 Å². The zero-order valence-electron chi connectivity index (χ0n) is 18.3. The molecule has 7 heteroatoms. The molecular weight excluding hydrogens is 475 g/mol. The van der Waals surface area contributed by atoms with E-state index in [1.54, 1.807) is 24.3 Å². The molecule has 170 valence electrons. The van der Waals surface area contributed by atoms with Crippen LogP contribution in [0.2, 0.25) is 10.0 Å². The fraction of sp³-hybridized carbons (Fsp3) is 0.231. The topological polar surface area (TPSA) is 58.2 Å². The Kier molecular flexibility index (Phi) is 5.68. The van der Waals surface area contributed by atoms with Gasteiger partial charge in [-0.3, -0.25) is 4.72 Å². The zero-order chi connectivity index (χ0) is 23.3. The van der Waals surface area contributed by atoms with E-state index >= 15 is 0 Å². The van der Waals surface area contributed by atoms with Crippen LogP contribution in [-0.4, -0.2) is 8.42 Å². The van der Waals surface area contributed by atoms with Crippen molar-refractivity contribution in [3.63, 3.8) is 0 Å². The third kappa shape index (κ3) is 4.14. The Bertz CT molecular complexity index is 1390. The lowest BCUT2D eigenvalue weighted by Gasteiger charge is -2.38. The smallest absolute Gasteiger partial charge is 0.261 e. The molecule has 3 aromatic rings. The van der Waals surface area contributed by atoms with Crippen molar-refractivity contribution in [2.24, 2.45) is 5.92 Å². The van der Waals surface area contributed by atoms with Gasteiger partial charge in [0.05, 0.1) is 21.6 Å². The van der Waals surface area contributed by atoms with Crippen LogP contribution < -0.4 is 10.0 Å². The monoisotopic (exact) mass is 498 g/mol. The van der Waals surface area contributed by atoms with Gasteiger partial charge in [-0.05, 0) is 79.3 Å². The molecule has 0 amide bonds. The van der Waals surface area contributed by atoms with Crippen molar-refractivity contribution in [2.45, 2.75) is 37.1 Å². The van der Waals surface area contributed by atoms with Crippen molar-refractivity contribution < 1.29 is 8.42 Å². The highest BCUT2D eigenvalue weighted by Crippen LogP contribution is 2.50. The summed E-state index contributed by atoms with van der Waals surface area (Å²) in [5, 5.41) is 4.40. The Hall–Kier alpha value is -2.47. The van der Waals surface area contributed by atoms with Gasteiger partial charge in [-0.1, -0.05) is 59.1 Å². The maximum atomic E-state index is 13.2. The van der Waals surface area contributed by atoms with E-state index in [1.165, 1.54) is 22.8 Å². The average Bonchev–Trinajstić information content (AvgIpc) is 3.27. The minimum absolute atomic E-state index is 0.149. The molecule has 33 heavy (non-hydrogen) atoms. The largest absolute Gasteiger partial charge is 0.378 e. The van der Waals surface area contributed by atoms with Gasteiger partial charge in [0.15, 0.2) is 0 Å². The van der Waals surface area contributed by atoms with E-state index in [0.29, 0.717) is 10.9 Å². The minimum Gasteiger partial charge on any atom is -0.378 e. The van der Waals surface area contributed by atoms with Crippen LogP contribution in [0, 0.1) is 19.8 Å². The quantitative estimate of drug-likeness (QED) is 0.372. The lowest BCUT2D eigenvalue weighted by atomic mass is 9.76. The van der Waals surface area contributed by atoms with Gasteiger partial charge in [-0.15, -0.1) is 0 Å². The minimum atomic E-state index is -3.84. The molecule has 0 radical (unpaired) electrons. The Balaban J connectivity index is 1.52. The second-order valence-electron chi connectivity index (χ2n) is 8.81. The van der Waals surface area contributed by atoms with E-state index in [9.17, 15) is 8.42 Å². The zero-order valence-corrected chi connectivity index (χ0v) is 20.6. The molecule has 1 aliphatic carbocycles. The van der Waals surface area contributed by atoms with Gasteiger partial charge < -0.3 is 5.32 Å². The maximum Gasteiger partial charge on any atom is 0.261 e. The Labute approximate surface area is 204 Å². The van der Waals surface area contributed by atoms with Gasteiger partial charge in [-0.25, -0.2) is 8.42 Å². The van der Waals surface area contributed by atoms with Gasteiger partial charge in [0, 0.05) is 16.6 Å². The van der Waals surface area contributed by atoms with Crippen LogP contribution in [0.5, 0.6) is 0 Å². The average molecular weight is 499 g/mol. The third-order valence-corrected chi connectivity index (χ3v) is 8.51. The van der Waals surface area contributed by atoms with Crippen LogP contribution >= 0.6 is 23.2 Å². The van der Waals surface area contributed by atoms with E-state index in [1.807, 2.05) is 6.07 Å². The number of allylic oxidation sites excluding steroid dienone is 2. The SMILES string of the molecule is Cc1ccc(C)c([C@H]2Nc3ccc(S(=O)(=O)Nc4cc(Cl)ccc4Cl)cc3[C@H]3C=CC[C@H]32)c1. The Morgan fingerprint density at radius 2 is 1.79 bits per heavy atom. The summed E-state index contributed by atoms with van der Waals surface area (Å²) in [4.78, 5) is 0.198. The van der Waals surface area contributed by atoms with Crippen LogP contribution in [-0.2, 0) is 10.0 Å². The first-order valence-corrected chi connectivity index (χ1v) is 13.1. The summed E-state index contributed by atoms with van der Waals surface area (Å²) in [6, 6.07) is 16.7. The third-order valence-electron chi connectivity index (χ3n) is 6.59. The number of hydrogen-bond donors (Lipinski definition) is 2. The normalized spacial score (nSPS) is 21.3. The van der Waals surface area contributed by atoms with Crippen LogP contribution in [0.1, 0.15) is 40.6 Å². The summed E-state index contributed by atoms with van der Waals surface area (Å²) < 4.78 is 28.9. The molecule has 0 bridgehead atoms. The number of sulfonamides is 1. The Morgan fingerprint density at radius 1 is 0.970 bits per heavy atom. The molecular formula is C26H24Cl2N2O2S. The molecule has 3 aromatic carbocycles. The predicted molar refractivity (Wildman–Crippen MR) is 136 cm³/mol. The molecule has 1 aliphatic heterocycles. The van der Waals surface area contributed by atoms with Crippen molar-refractivity contribution in [3.8, 4) is 0 Å². The second kappa shape index (κ2) is 8.39. The molecule has 0 spiro atoms. The number of fused-ring (bicyclic) bond motifs is 3. The van der Waals surface area contributed by atoms with Crippen molar-refractivity contribution in [3.05, 3.63) is 99.0 Å². The summed E-state index contributed by atoms with van der Waals surface area (Å²) in [6.45, 7) is 4.26. The molecule has 4 nitrogen and oxygen atoms in total. The lowest BCUT2D eigenvalue weighted by Crippen LogP contribution is -2.30. The number of aryl methyl sites for hydroxylation is 2. The first-order valence-electron chi connectivity index (χ1n) is 10.8. The number of rotatable bonds is 4. The number of hydrogen-bond acceptors (Lipinski definition) is 3. The molecule has 1 heterocycles. The lowest BCUT2D eigenvalue weighted by molar-refractivity contribution is 0.424. The summed E-state index contributed by atoms with van der Waals surface area (Å²) in [5.41, 5.74) is 6.01. The molecule has 5 rings (SSSR count). The predicted octanol–water partition coefficient (Wildman–Crippen LogP) is 7.24. The van der Waals surface area contributed by atoms with Crippen LogP contribution in [0.25, 0.3) is 0 Å². The van der Waals surface area contributed by atoms with Gasteiger partial charge in [-0.2, -0.15) is 0 Å². The standard InChI is InChI=1S/C26H24Cl2N2O2S/c1-15-6-7-16(2)21(12-15)26-20-5-3-4-19(20)22-14-18(9-11-24(22)29-26)33(31,32)30-25-13-17(27)8-10-23(25)28/h3-4,6-14,19-20,26,29-30H,5H2,1-2H3/t19-,20+,26-/m0/s1. The highest BCUT2D eigenvalue weighted by Gasteiger charge is 2.39. The number of nitrogens with one attached hydrogen (secondary N) is 2. The number of anilines is 2. The van der Waals surface area contributed by atoms with Gasteiger partial charge >= 0.3 is 0 Å². The molecule has 0 saturated heterocycles. The van der Waals surface area contributed by atoms with E-state index in [2.05, 4.69) is 54.2 Å². The Morgan fingerprint density at radius 3 is 2.61 bits per heavy atom. The fourth-order valence-corrected chi connectivity index (χ4v) is 6.42. The van der Waals surface area contributed by atoms with E-state index < -0.39 is 10.0 Å². The van der Waals surface area contributed by atoms with E-state index in [0.717, 1.165) is 17.7 Å². The molecule has 3 atom stereocenters. The second-order valence-corrected chi connectivity index (χ2v) is 11.3. The molecule has 2 N–H and O–H groups in total. The van der Waals surface area contributed by atoms with E-state index in [-0.39, 0.29) is 27.6 Å². The molecule has 2 aliphatic rings. The maximum absolute atomic E-state index is 13.2. The van der Waals surface area contributed by atoms with Gasteiger partial charge in [0.25, 0.3) is 10.0 Å². The van der Waals surface area contributed by atoms with E-state index in [4.69, 9.17) is 23.2 Å². The van der Waals surface area contributed by atoms with Gasteiger partial charge in [0.1, 0.15) is 0 Å². The van der Waals surface area contributed by atoms with Gasteiger partial charge in [0.2, 0.25) is 0 Å². The van der Waals surface area contributed by atoms with Crippen LogP contribution in [0.15, 0.2) is 71.6 Å². The highest BCUT2D eigenvalue weighted by atomic mass is 35.5. The first-order chi connectivity index (χ1) is 15.7. The summed E-state index contributed by atoms with van der Waals surface area (Å²) in [6.07, 6.45) is 5.36. The first kappa shape index (κ1) is 22.3. The van der Waals surface area contributed by atoms with Crippen molar-refractivity contribution in [2.75, 3.05) is 10.0 Å². The molecule has 0 saturated carbocycles. The number of benzene rings is 3. The number of halogens is 2. The molecule has 0 aromatic heterocycles. The molecule has 0 unspecified atom stereocenters. The van der Waals surface area contributed by atoms with Crippen molar-refractivity contribution in [1.82, 2.24) is 0 Å². The van der Waals surface area contributed by atoms with Crippen LogP contribution in [0.3, 0.4) is 0 Å². The molecule has 0 fully saturated rings. The highest BCUT2D eigenvalue weighted by molar-refractivity contribution is 7.92. The van der Waals surface area contributed by atoms with Crippen molar-refractivity contribution >= 4 is 44.6 Å². The summed E-state index contributed by atoms with van der Waals surface area (Å²) in [5.74, 6) is 0.474.